The van der Waals surface area contributed by atoms with Crippen LogP contribution in [0.15, 0.2) is 47.4 Å². The van der Waals surface area contributed by atoms with E-state index >= 15 is 0 Å². The molecule has 3 rings (SSSR count). The summed E-state index contributed by atoms with van der Waals surface area (Å²) >= 11 is 0. The molecule has 1 aliphatic rings. The first-order valence-electron chi connectivity index (χ1n) is 11.8. The van der Waals surface area contributed by atoms with Gasteiger partial charge in [0.25, 0.3) is 5.91 Å². The first kappa shape index (κ1) is 28.9. The van der Waals surface area contributed by atoms with E-state index in [1.165, 1.54) is 38.3 Å². The predicted octanol–water partition coefficient (Wildman–Crippen LogP) is 2.17. The number of hydroxylamine groups is 1. The molecule has 1 aliphatic heterocycles. The van der Waals surface area contributed by atoms with Crippen LogP contribution in [0, 0.1) is 0 Å². The summed E-state index contributed by atoms with van der Waals surface area (Å²) in [7, 11) is -2.70. The van der Waals surface area contributed by atoms with Gasteiger partial charge in [-0.1, -0.05) is 6.07 Å². The van der Waals surface area contributed by atoms with Crippen molar-refractivity contribution in [2.24, 2.45) is 0 Å². The number of fused-ring (bicyclic) bond motifs is 1. The Hall–Kier alpha value is -3.68. The Morgan fingerprint density at radius 3 is 2.32 bits per heavy atom. The first-order chi connectivity index (χ1) is 17.7. The zero-order chi connectivity index (χ0) is 28.3. The van der Waals surface area contributed by atoms with Crippen molar-refractivity contribution in [3.63, 3.8) is 0 Å². The maximum atomic E-state index is 13.5. The third-order valence-corrected chi connectivity index (χ3v) is 7.64. The number of alkyl carbamates (subject to hydrolysis) is 1. The summed E-state index contributed by atoms with van der Waals surface area (Å²) in [5, 5.41) is 14.4. The van der Waals surface area contributed by atoms with E-state index in [0.717, 1.165) is 4.31 Å². The van der Waals surface area contributed by atoms with Crippen molar-refractivity contribution in [3.05, 3.63) is 53.6 Å². The largest absolute Gasteiger partial charge is 0.497 e. The van der Waals surface area contributed by atoms with E-state index in [-0.39, 0.29) is 17.9 Å². The normalized spacial score (nSPS) is 16.5. The Morgan fingerprint density at radius 2 is 1.74 bits per heavy atom. The molecule has 0 spiro atoms. The number of nitrogens with zero attached hydrogens (tertiary/aromatic N) is 1. The summed E-state index contributed by atoms with van der Waals surface area (Å²) in [5.41, 5.74) is 2.45. The number of ether oxygens (including phenoxy) is 2. The van der Waals surface area contributed by atoms with Gasteiger partial charge < -0.3 is 20.1 Å². The average Bonchev–Trinajstić information content (AvgIpc) is 2.86. The summed E-state index contributed by atoms with van der Waals surface area (Å²) in [5.74, 6) is -0.910. The fourth-order valence-electron chi connectivity index (χ4n) is 3.87. The molecule has 3 amide bonds. The zero-order valence-electron chi connectivity index (χ0n) is 21.8. The summed E-state index contributed by atoms with van der Waals surface area (Å²) < 4.78 is 38.2. The Morgan fingerprint density at radius 1 is 1.08 bits per heavy atom. The van der Waals surface area contributed by atoms with Gasteiger partial charge in [0.2, 0.25) is 15.9 Å². The van der Waals surface area contributed by atoms with E-state index in [4.69, 9.17) is 9.47 Å². The molecule has 0 saturated heterocycles. The van der Waals surface area contributed by atoms with Crippen LogP contribution in [0.1, 0.15) is 38.8 Å². The molecule has 1 heterocycles. The van der Waals surface area contributed by atoms with Crippen LogP contribution in [0.3, 0.4) is 0 Å². The molecular formula is C25H32N4O8S. The number of methoxy groups -OCH3 is 1. The molecule has 0 unspecified atom stereocenters. The van der Waals surface area contributed by atoms with E-state index in [1.54, 1.807) is 44.5 Å². The van der Waals surface area contributed by atoms with E-state index < -0.39 is 45.6 Å². The monoisotopic (exact) mass is 548 g/mol. The second-order valence-electron chi connectivity index (χ2n) is 9.76. The van der Waals surface area contributed by atoms with E-state index in [0.29, 0.717) is 22.6 Å². The fourth-order valence-corrected chi connectivity index (χ4v) is 5.44. The number of hydrogen-bond donors (Lipinski definition) is 4. The highest BCUT2D eigenvalue weighted by Crippen LogP contribution is 2.31. The standard InChI is InChI=1S/C25H32N4O8S/c1-15(26-24(32)37-25(2,3)4)22(30)27-18-7-6-16-13-21(23(31)28-33)29(14-17(16)12-18)38(34,35)20-10-8-19(36-5)9-11-20/h6-12,15,21,33H,13-14H2,1-5H3,(H,26,32)(H,27,30)(H,28,31)/t15-,21-/m0/s1. The van der Waals surface area contributed by atoms with Crippen LogP contribution < -0.4 is 20.9 Å². The number of nitrogens with one attached hydrogen (secondary N) is 3. The number of anilines is 1. The highest BCUT2D eigenvalue weighted by atomic mass is 32.2. The SMILES string of the molecule is COc1ccc(S(=O)(=O)N2Cc3cc(NC(=O)[C@H](C)NC(=O)OC(C)(C)C)ccc3C[C@H]2C(=O)NO)cc1. The van der Waals surface area contributed by atoms with Gasteiger partial charge in [-0.15, -0.1) is 0 Å². The van der Waals surface area contributed by atoms with Gasteiger partial charge in [-0.3, -0.25) is 14.8 Å². The van der Waals surface area contributed by atoms with Gasteiger partial charge in [-0.2, -0.15) is 4.31 Å². The lowest BCUT2D eigenvalue weighted by molar-refractivity contribution is -0.133. The van der Waals surface area contributed by atoms with Crippen molar-refractivity contribution in [1.82, 2.24) is 15.1 Å². The fraction of sp³-hybridized carbons (Fsp3) is 0.400. The molecule has 38 heavy (non-hydrogen) atoms. The Labute approximate surface area is 221 Å². The van der Waals surface area contributed by atoms with Gasteiger partial charge >= 0.3 is 6.09 Å². The van der Waals surface area contributed by atoms with Crippen LogP contribution in [-0.2, 0) is 37.3 Å². The van der Waals surface area contributed by atoms with Crippen molar-refractivity contribution in [2.75, 3.05) is 12.4 Å². The van der Waals surface area contributed by atoms with Crippen LogP contribution in [0.5, 0.6) is 5.75 Å². The number of sulfonamides is 1. The highest BCUT2D eigenvalue weighted by Gasteiger charge is 2.40. The molecular weight excluding hydrogens is 516 g/mol. The lowest BCUT2D eigenvalue weighted by Crippen LogP contribution is -2.51. The highest BCUT2D eigenvalue weighted by molar-refractivity contribution is 7.89. The minimum atomic E-state index is -4.15. The summed E-state index contributed by atoms with van der Waals surface area (Å²) in [6.07, 6.45) is -0.736. The molecule has 0 radical (unpaired) electrons. The smallest absolute Gasteiger partial charge is 0.408 e. The molecule has 2 aromatic carbocycles. The molecule has 206 valence electrons. The van der Waals surface area contributed by atoms with Crippen molar-refractivity contribution in [3.8, 4) is 5.75 Å². The molecule has 0 aliphatic carbocycles. The Balaban J connectivity index is 1.83. The molecule has 0 fully saturated rings. The quantitative estimate of drug-likeness (QED) is 0.302. The molecule has 0 bridgehead atoms. The Bertz CT molecular complexity index is 1310. The molecule has 0 aromatic heterocycles. The summed E-state index contributed by atoms with van der Waals surface area (Å²) in [4.78, 5) is 37.0. The van der Waals surface area contributed by atoms with Gasteiger partial charge in [0.1, 0.15) is 23.4 Å². The number of amides is 3. The molecule has 0 saturated carbocycles. The number of benzene rings is 2. The minimum Gasteiger partial charge on any atom is -0.497 e. The molecule has 2 aromatic rings. The zero-order valence-corrected chi connectivity index (χ0v) is 22.6. The lowest BCUT2D eigenvalue weighted by Gasteiger charge is -2.34. The van der Waals surface area contributed by atoms with Crippen LogP contribution >= 0.6 is 0 Å². The van der Waals surface area contributed by atoms with E-state index in [2.05, 4.69) is 10.6 Å². The number of carbonyl (C=O) groups is 3. The lowest BCUT2D eigenvalue weighted by atomic mass is 9.95. The third kappa shape index (κ3) is 6.79. The second kappa shape index (κ2) is 11.4. The third-order valence-electron chi connectivity index (χ3n) is 5.77. The van der Waals surface area contributed by atoms with Crippen LogP contribution in [0.25, 0.3) is 0 Å². The summed E-state index contributed by atoms with van der Waals surface area (Å²) in [6.45, 7) is 6.43. The van der Waals surface area contributed by atoms with Crippen LogP contribution in [-0.4, -0.2) is 60.6 Å². The molecule has 2 atom stereocenters. The number of rotatable bonds is 7. The minimum absolute atomic E-state index is 0.00192. The van der Waals surface area contributed by atoms with Gasteiger partial charge in [-0.25, -0.2) is 18.7 Å². The molecule has 12 nitrogen and oxygen atoms in total. The summed E-state index contributed by atoms with van der Waals surface area (Å²) in [6, 6.07) is 8.50. The van der Waals surface area contributed by atoms with Gasteiger partial charge in [-0.05, 0) is 81.6 Å². The van der Waals surface area contributed by atoms with Gasteiger partial charge in [0.15, 0.2) is 0 Å². The number of hydrogen-bond acceptors (Lipinski definition) is 8. The van der Waals surface area contributed by atoms with Crippen molar-refractivity contribution < 1.29 is 37.5 Å². The maximum absolute atomic E-state index is 13.5. The second-order valence-corrected chi connectivity index (χ2v) is 11.7. The van der Waals surface area contributed by atoms with Crippen LogP contribution in [0.2, 0.25) is 0 Å². The molecule has 13 heteroatoms. The van der Waals surface area contributed by atoms with Crippen LogP contribution in [0.4, 0.5) is 10.5 Å². The van der Waals surface area contributed by atoms with Gasteiger partial charge in [0.05, 0.1) is 12.0 Å². The first-order valence-corrected chi connectivity index (χ1v) is 13.2. The van der Waals surface area contributed by atoms with E-state index in [9.17, 15) is 28.0 Å². The predicted molar refractivity (Wildman–Crippen MR) is 137 cm³/mol. The van der Waals surface area contributed by atoms with Gasteiger partial charge in [0, 0.05) is 12.2 Å². The molecule has 4 N–H and O–H groups in total. The van der Waals surface area contributed by atoms with Crippen molar-refractivity contribution >= 4 is 33.6 Å². The topological polar surface area (TPSA) is 163 Å². The Kier molecular flexibility index (Phi) is 8.65. The maximum Gasteiger partial charge on any atom is 0.408 e. The van der Waals surface area contributed by atoms with Crippen molar-refractivity contribution in [2.45, 2.75) is 63.2 Å². The van der Waals surface area contributed by atoms with E-state index in [1.807, 2.05) is 0 Å². The average molecular weight is 549 g/mol. The number of carbonyl (C=O) groups excluding carboxylic acids is 3. The van der Waals surface area contributed by atoms with Crippen molar-refractivity contribution in [1.29, 1.82) is 0 Å².